The SMILES string of the molecule is COc1ccc(S(=O)(=O)N2CCN(C(=O)C3=NN(Cc4ccccc4)C(=O)CC3)CC2)cc1. The lowest BCUT2D eigenvalue weighted by atomic mass is 10.1. The lowest BCUT2D eigenvalue weighted by Crippen LogP contribution is -2.52. The molecule has 33 heavy (non-hydrogen) atoms. The lowest BCUT2D eigenvalue weighted by molar-refractivity contribution is -0.132. The smallest absolute Gasteiger partial charge is 0.270 e. The van der Waals surface area contributed by atoms with Gasteiger partial charge < -0.3 is 9.64 Å². The normalized spacial score (nSPS) is 17.6. The van der Waals surface area contributed by atoms with Gasteiger partial charge in [0, 0.05) is 39.0 Å². The van der Waals surface area contributed by atoms with E-state index < -0.39 is 10.0 Å². The molecule has 10 heteroatoms. The highest BCUT2D eigenvalue weighted by molar-refractivity contribution is 7.89. The van der Waals surface area contributed by atoms with E-state index in [4.69, 9.17) is 4.74 Å². The van der Waals surface area contributed by atoms with E-state index in [9.17, 15) is 18.0 Å². The predicted octanol–water partition coefficient (Wildman–Crippen LogP) is 1.71. The highest BCUT2D eigenvalue weighted by atomic mass is 32.2. The van der Waals surface area contributed by atoms with Crippen molar-refractivity contribution in [1.82, 2.24) is 14.2 Å². The van der Waals surface area contributed by atoms with Crippen molar-refractivity contribution in [2.45, 2.75) is 24.3 Å². The number of carbonyl (C=O) groups is 2. The van der Waals surface area contributed by atoms with Crippen LogP contribution in [0.2, 0.25) is 0 Å². The Balaban J connectivity index is 1.40. The van der Waals surface area contributed by atoms with Gasteiger partial charge in [0.05, 0.1) is 18.6 Å². The number of hydrogen-bond acceptors (Lipinski definition) is 6. The lowest BCUT2D eigenvalue weighted by Gasteiger charge is -2.35. The van der Waals surface area contributed by atoms with Gasteiger partial charge in [-0.15, -0.1) is 0 Å². The Kier molecular flexibility index (Phi) is 6.75. The van der Waals surface area contributed by atoms with Crippen molar-refractivity contribution in [2.24, 2.45) is 5.10 Å². The number of carbonyl (C=O) groups excluding carboxylic acids is 2. The van der Waals surface area contributed by atoms with Gasteiger partial charge in [-0.25, -0.2) is 13.4 Å². The molecule has 2 heterocycles. The first-order valence-corrected chi connectivity index (χ1v) is 12.2. The van der Waals surface area contributed by atoms with E-state index in [1.54, 1.807) is 17.0 Å². The number of hydrazone groups is 1. The first-order chi connectivity index (χ1) is 15.9. The van der Waals surface area contributed by atoms with Gasteiger partial charge in [0.1, 0.15) is 11.5 Å². The van der Waals surface area contributed by atoms with E-state index in [-0.39, 0.29) is 55.7 Å². The van der Waals surface area contributed by atoms with Crippen LogP contribution in [-0.2, 0) is 26.2 Å². The summed E-state index contributed by atoms with van der Waals surface area (Å²) in [6.45, 7) is 1.23. The molecule has 0 aromatic heterocycles. The van der Waals surface area contributed by atoms with Crippen LogP contribution in [0.4, 0.5) is 0 Å². The van der Waals surface area contributed by atoms with Gasteiger partial charge in [0.25, 0.3) is 5.91 Å². The van der Waals surface area contributed by atoms with E-state index in [1.165, 1.54) is 28.6 Å². The molecule has 2 aliphatic rings. The summed E-state index contributed by atoms with van der Waals surface area (Å²) in [7, 11) is -2.13. The molecule has 2 aromatic carbocycles. The van der Waals surface area contributed by atoms with Gasteiger partial charge in [-0.3, -0.25) is 9.59 Å². The third kappa shape index (κ3) is 5.07. The minimum Gasteiger partial charge on any atom is -0.497 e. The summed E-state index contributed by atoms with van der Waals surface area (Å²) in [4.78, 5) is 27.1. The van der Waals surface area contributed by atoms with Crippen molar-refractivity contribution in [1.29, 1.82) is 0 Å². The summed E-state index contributed by atoms with van der Waals surface area (Å²) in [5.41, 5.74) is 1.26. The van der Waals surface area contributed by atoms with Crippen LogP contribution < -0.4 is 4.74 Å². The van der Waals surface area contributed by atoms with Crippen LogP contribution in [0.15, 0.2) is 64.6 Å². The second-order valence-corrected chi connectivity index (χ2v) is 9.79. The van der Waals surface area contributed by atoms with Gasteiger partial charge in [-0.1, -0.05) is 30.3 Å². The van der Waals surface area contributed by atoms with E-state index >= 15 is 0 Å². The Morgan fingerprint density at radius 1 is 0.970 bits per heavy atom. The number of ether oxygens (including phenoxy) is 1. The van der Waals surface area contributed by atoms with Crippen LogP contribution in [0.3, 0.4) is 0 Å². The number of sulfonamides is 1. The summed E-state index contributed by atoms with van der Waals surface area (Å²) in [6, 6.07) is 15.7. The molecule has 0 atom stereocenters. The van der Waals surface area contributed by atoms with Crippen LogP contribution in [0.1, 0.15) is 18.4 Å². The number of methoxy groups -OCH3 is 1. The molecule has 4 rings (SSSR count). The second kappa shape index (κ2) is 9.72. The van der Waals surface area contributed by atoms with E-state index in [0.29, 0.717) is 18.0 Å². The average molecular weight is 471 g/mol. The average Bonchev–Trinajstić information content (AvgIpc) is 2.85. The molecule has 0 aliphatic carbocycles. The highest BCUT2D eigenvalue weighted by Gasteiger charge is 2.33. The van der Waals surface area contributed by atoms with Crippen LogP contribution in [-0.4, -0.2) is 73.4 Å². The Hall–Kier alpha value is -3.24. The second-order valence-electron chi connectivity index (χ2n) is 7.86. The summed E-state index contributed by atoms with van der Waals surface area (Å²) in [5.74, 6) is 0.213. The van der Waals surface area contributed by atoms with E-state index in [1.807, 2.05) is 30.3 Å². The molecule has 9 nitrogen and oxygen atoms in total. The van der Waals surface area contributed by atoms with Gasteiger partial charge >= 0.3 is 0 Å². The molecule has 1 fully saturated rings. The maximum Gasteiger partial charge on any atom is 0.270 e. The molecule has 0 unspecified atom stereocenters. The number of amides is 2. The maximum absolute atomic E-state index is 13.0. The Morgan fingerprint density at radius 3 is 2.27 bits per heavy atom. The molecule has 2 aliphatic heterocycles. The zero-order valence-corrected chi connectivity index (χ0v) is 19.2. The van der Waals surface area contributed by atoms with Crippen molar-refractivity contribution in [3.05, 3.63) is 60.2 Å². The van der Waals surface area contributed by atoms with E-state index in [2.05, 4.69) is 5.10 Å². The molecule has 174 valence electrons. The van der Waals surface area contributed by atoms with Crippen LogP contribution in [0, 0.1) is 0 Å². The maximum atomic E-state index is 13.0. The fraction of sp³-hybridized carbons (Fsp3) is 0.348. The quantitative estimate of drug-likeness (QED) is 0.640. The number of hydrogen-bond donors (Lipinski definition) is 0. The number of rotatable bonds is 6. The van der Waals surface area contributed by atoms with Crippen LogP contribution >= 0.6 is 0 Å². The van der Waals surface area contributed by atoms with Crippen molar-refractivity contribution in [3.63, 3.8) is 0 Å². The molecule has 0 radical (unpaired) electrons. The molecule has 0 spiro atoms. The fourth-order valence-electron chi connectivity index (χ4n) is 3.85. The molecule has 2 amide bonds. The van der Waals surface area contributed by atoms with Crippen LogP contribution in [0.5, 0.6) is 5.75 Å². The van der Waals surface area contributed by atoms with Crippen molar-refractivity contribution in [3.8, 4) is 5.75 Å². The number of nitrogens with zero attached hydrogens (tertiary/aromatic N) is 4. The van der Waals surface area contributed by atoms with Crippen molar-refractivity contribution < 1.29 is 22.7 Å². The third-order valence-corrected chi connectivity index (χ3v) is 7.66. The van der Waals surface area contributed by atoms with Crippen molar-refractivity contribution >= 4 is 27.5 Å². The summed E-state index contributed by atoms with van der Waals surface area (Å²) < 4.78 is 32.3. The Labute approximate surface area is 193 Å². The van der Waals surface area contributed by atoms with Crippen molar-refractivity contribution in [2.75, 3.05) is 33.3 Å². The zero-order valence-electron chi connectivity index (χ0n) is 18.4. The molecule has 1 saturated heterocycles. The molecule has 0 saturated carbocycles. The first kappa shape index (κ1) is 22.9. The van der Waals surface area contributed by atoms with Gasteiger partial charge in [0.2, 0.25) is 15.9 Å². The molecular weight excluding hydrogens is 444 g/mol. The number of benzene rings is 2. The Bertz CT molecular complexity index is 1140. The molecule has 2 aromatic rings. The summed E-state index contributed by atoms with van der Waals surface area (Å²) >= 11 is 0. The zero-order chi connectivity index (χ0) is 23.4. The third-order valence-electron chi connectivity index (χ3n) is 5.75. The molecular formula is C23H26N4O5S. The van der Waals surface area contributed by atoms with Gasteiger partial charge in [-0.05, 0) is 29.8 Å². The van der Waals surface area contributed by atoms with Gasteiger partial charge in [0.15, 0.2) is 0 Å². The fourth-order valence-corrected chi connectivity index (χ4v) is 5.27. The standard InChI is InChI=1S/C23H26N4O5S/c1-32-19-7-9-20(10-8-19)33(30,31)26-15-13-25(14-16-26)23(29)21-11-12-22(28)27(24-21)17-18-5-3-2-4-6-18/h2-10H,11-17H2,1H3. The first-order valence-electron chi connectivity index (χ1n) is 10.7. The van der Waals surface area contributed by atoms with E-state index in [0.717, 1.165) is 5.56 Å². The number of piperazine rings is 1. The topological polar surface area (TPSA) is 99.6 Å². The highest BCUT2D eigenvalue weighted by Crippen LogP contribution is 2.21. The minimum atomic E-state index is -3.65. The largest absolute Gasteiger partial charge is 0.497 e. The summed E-state index contributed by atoms with van der Waals surface area (Å²) in [6.07, 6.45) is 0.510. The monoisotopic (exact) mass is 470 g/mol. The Morgan fingerprint density at radius 2 is 1.64 bits per heavy atom. The van der Waals surface area contributed by atoms with Crippen LogP contribution in [0.25, 0.3) is 0 Å². The summed E-state index contributed by atoms with van der Waals surface area (Å²) in [5, 5.41) is 5.67. The minimum absolute atomic E-state index is 0.120. The molecule has 0 N–H and O–H groups in total. The predicted molar refractivity (Wildman–Crippen MR) is 122 cm³/mol. The molecule has 0 bridgehead atoms. The van der Waals surface area contributed by atoms with Gasteiger partial charge in [-0.2, -0.15) is 9.41 Å².